The van der Waals surface area contributed by atoms with E-state index in [-0.39, 0.29) is 25.3 Å². The van der Waals surface area contributed by atoms with Gasteiger partial charge in [0.25, 0.3) is 0 Å². The molecule has 2 rings (SSSR count). The SMILES string of the molecule is CCOC(=O)C/C(C)=C(/N=C(c1ccccc1)c1ccccc1)C(=O)OCC. The average Bonchev–Trinajstić information content (AvgIpc) is 2.70. The number of hydrogen-bond donors (Lipinski definition) is 0. The molecule has 146 valence electrons. The molecule has 5 nitrogen and oxygen atoms in total. The van der Waals surface area contributed by atoms with Crippen molar-refractivity contribution in [2.75, 3.05) is 13.2 Å². The number of esters is 2. The lowest BCUT2D eigenvalue weighted by molar-refractivity contribution is -0.142. The number of ether oxygens (including phenoxy) is 2. The van der Waals surface area contributed by atoms with E-state index in [2.05, 4.69) is 4.99 Å². The van der Waals surface area contributed by atoms with Gasteiger partial charge in [-0.1, -0.05) is 60.7 Å². The van der Waals surface area contributed by atoms with Crippen LogP contribution in [0.1, 0.15) is 38.3 Å². The molecule has 0 saturated heterocycles. The van der Waals surface area contributed by atoms with E-state index in [0.717, 1.165) is 11.1 Å². The first-order valence-electron chi connectivity index (χ1n) is 9.28. The Bertz CT molecular complexity index is 813. The Morgan fingerprint density at radius 1 is 0.821 bits per heavy atom. The third-order valence-electron chi connectivity index (χ3n) is 3.91. The zero-order chi connectivity index (χ0) is 20.4. The number of nitrogens with zero attached hydrogens (tertiary/aromatic N) is 1. The standard InChI is InChI=1S/C23H25NO4/c1-4-27-20(25)16-17(3)21(23(26)28-5-2)24-22(18-12-8-6-9-13-18)19-14-10-7-11-15-19/h6-15H,4-5,16H2,1-3H3/b21-17+. The minimum absolute atomic E-state index is 0.0254. The van der Waals surface area contributed by atoms with Gasteiger partial charge in [0.15, 0.2) is 0 Å². The Labute approximate surface area is 165 Å². The van der Waals surface area contributed by atoms with Crippen LogP contribution in [0.15, 0.2) is 76.9 Å². The summed E-state index contributed by atoms with van der Waals surface area (Å²) in [7, 11) is 0. The highest BCUT2D eigenvalue weighted by Crippen LogP contribution is 2.18. The quantitative estimate of drug-likeness (QED) is 0.389. The van der Waals surface area contributed by atoms with Crippen molar-refractivity contribution in [3.63, 3.8) is 0 Å². The predicted molar refractivity (Wildman–Crippen MR) is 109 cm³/mol. The molecule has 0 heterocycles. The second kappa shape index (κ2) is 10.8. The smallest absolute Gasteiger partial charge is 0.356 e. The van der Waals surface area contributed by atoms with Crippen molar-refractivity contribution >= 4 is 17.7 Å². The maximum atomic E-state index is 12.6. The van der Waals surface area contributed by atoms with Gasteiger partial charge in [-0.15, -0.1) is 0 Å². The highest BCUT2D eigenvalue weighted by molar-refractivity contribution is 6.14. The van der Waals surface area contributed by atoms with Gasteiger partial charge in [0, 0.05) is 11.1 Å². The van der Waals surface area contributed by atoms with Crippen molar-refractivity contribution in [3.05, 3.63) is 83.1 Å². The van der Waals surface area contributed by atoms with E-state index in [9.17, 15) is 9.59 Å². The zero-order valence-electron chi connectivity index (χ0n) is 16.5. The lowest BCUT2D eigenvalue weighted by atomic mass is 10.0. The van der Waals surface area contributed by atoms with E-state index < -0.39 is 11.9 Å². The number of aliphatic imine (C=N–C) groups is 1. The van der Waals surface area contributed by atoms with Crippen LogP contribution in [0.5, 0.6) is 0 Å². The molecule has 0 saturated carbocycles. The Balaban J connectivity index is 2.58. The summed E-state index contributed by atoms with van der Waals surface area (Å²) in [4.78, 5) is 29.2. The van der Waals surface area contributed by atoms with Crippen molar-refractivity contribution in [3.8, 4) is 0 Å². The van der Waals surface area contributed by atoms with Gasteiger partial charge >= 0.3 is 11.9 Å². The van der Waals surface area contributed by atoms with Crippen molar-refractivity contribution in [1.29, 1.82) is 0 Å². The molecular formula is C23H25NO4. The van der Waals surface area contributed by atoms with Crippen molar-refractivity contribution in [2.45, 2.75) is 27.2 Å². The van der Waals surface area contributed by atoms with Gasteiger partial charge in [-0.05, 0) is 26.3 Å². The highest BCUT2D eigenvalue weighted by Gasteiger charge is 2.18. The van der Waals surface area contributed by atoms with Crippen molar-refractivity contribution < 1.29 is 19.1 Å². The van der Waals surface area contributed by atoms with Crippen molar-refractivity contribution in [2.24, 2.45) is 4.99 Å². The van der Waals surface area contributed by atoms with Gasteiger partial charge in [-0.3, -0.25) is 4.79 Å². The van der Waals surface area contributed by atoms with E-state index in [4.69, 9.17) is 9.47 Å². The Hall–Kier alpha value is -3.21. The lowest BCUT2D eigenvalue weighted by Crippen LogP contribution is -2.14. The summed E-state index contributed by atoms with van der Waals surface area (Å²) >= 11 is 0. The lowest BCUT2D eigenvalue weighted by Gasteiger charge is -2.12. The predicted octanol–water partition coefficient (Wildman–Crippen LogP) is 4.31. The summed E-state index contributed by atoms with van der Waals surface area (Å²) in [5.41, 5.74) is 2.98. The van der Waals surface area contributed by atoms with Gasteiger partial charge in [0.1, 0.15) is 5.70 Å². The number of benzene rings is 2. The molecule has 28 heavy (non-hydrogen) atoms. The molecule has 2 aromatic carbocycles. The van der Waals surface area contributed by atoms with Gasteiger partial charge in [-0.2, -0.15) is 0 Å². The molecular weight excluding hydrogens is 354 g/mol. The molecule has 0 atom stereocenters. The monoisotopic (exact) mass is 379 g/mol. The van der Waals surface area contributed by atoms with Crippen LogP contribution in [0.25, 0.3) is 0 Å². The molecule has 0 radical (unpaired) electrons. The minimum Gasteiger partial charge on any atom is -0.466 e. The van der Waals surface area contributed by atoms with Crippen LogP contribution in [0, 0.1) is 0 Å². The molecule has 0 aliphatic rings. The number of carbonyl (C=O) groups is 2. The van der Waals surface area contributed by atoms with Gasteiger partial charge in [0.05, 0.1) is 25.3 Å². The summed E-state index contributed by atoms with van der Waals surface area (Å²) in [6.07, 6.45) is -0.0254. The summed E-state index contributed by atoms with van der Waals surface area (Å²) < 4.78 is 10.2. The van der Waals surface area contributed by atoms with Crippen LogP contribution in [0.4, 0.5) is 0 Å². The van der Waals surface area contributed by atoms with Crippen molar-refractivity contribution in [1.82, 2.24) is 0 Å². The zero-order valence-corrected chi connectivity index (χ0v) is 16.5. The molecule has 0 amide bonds. The third-order valence-corrected chi connectivity index (χ3v) is 3.91. The number of hydrogen-bond acceptors (Lipinski definition) is 5. The van der Waals surface area contributed by atoms with Crippen LogP contribution < -0.4 is 0 Å². The molecule has 0 N–H and O–H groups in total. The summed E-state index contributed by atoms with van der Waals surface area (Å²) in [6.45, 7) is 5.67. The van der Waals surface area contributed by atoms with Gasteiger partial charge in [-0.25, -0.2) is 9.79 Å². The van der Waals surface area contributed by atoms with Crippen LogP contribution in [0.3, 0.4) is 0 Å². The van der Waals surface area contributed by atoms with Crippen LogP contribution in [-0.4, -0.2) is 30.9 Å². The number of carbonyl (C=O) groups excluding carboxylic acids is 2. The molecule has 5 heteroatoms. The first-order valence-corrected chi connectivity index (χ1v) is 9.28. The fraction of sp³-hybridized carbons (Fsp3) is 0.261. The summed E-state index contributed by atoms with van der Waals surface area (Å²) in [5, 5.41) is 0. The molecule has 0 fully saturated rings. The van der Waals surface area contributed by atoms with Gasteiger partial charge < -0.3 is 9.47 Å². The van der Waals surface area contributed by atoms with Crippen LogP contribution in [-0.2, 0) is 19.1 Å². The summed E-state index contributed by atoms with van der Waals surface area (Å²) in [5.74, 6) is -0.966. The average molecular weight is 379 g/mol. The molecule has 0 spiro atoms. The topological polar surface area (TPSA) is 65.0 Å². The fourth-order valence-electron chi connectivity index (χ4n) is 2.63. The molecule has 0 aromatic heterocycles. The third kappa shape index (κ3) is 5.91. The minimum atomic E-state index is -0.561. The van der Waals surface area contributed by atoms with E-state index in [1.165, 1.54) is 0 Å². The molecule has 0 aliphatic heterocycles. The van der Waals surface area contributed by atoms with E-state index >= 15 is 0 Å². The first-order chi connectivity index (χ1) is 13.6. The summed E-state index contributed by atoms with van der Waals surface area (Å²) in [6, 6.07) is 19.2. The Kier molecular flexibility index (Phi) is 8.15. The maximum absolute atomic E-state index is 12.6. The van der Waals surface area contributed by atoms with Gasteiger partial charge in [0.2, 0.25) is 0 Å². The second-order valence-electron chi connectivity index (χ2n) is 6.02. The Morgan fingerprint density at radius 3 is 1.79 bits per heavy atom. The molecule has 0 aliphatic carbocycles. The second-order valence-corrected chi connectivity index (χ2v) is 6.02. The molecule has 0 bridgehead atoms. The maximum Gasteiger partial charge on any atom is 0.356 e. The Morgan fingerprint density at radius 2 is 1.32 bits per heavy atom. The van der Waals surface area contributed by atoms with E-state index in [1.54, 1.807) is 20.8 Å². The largest absolute Gasteiger partial charge is 0.466 e. The van der Waals surface area contributed by atoms with Crippen LogP contribution >= 0.6 is 0 Å². The van der Waals surface area contributed by atoms with E-state index in [1.807, 2.05) is 60.7 Å². The normalized spacial score (nSPS) is 11.2. The molecule has 0 unspecified atom stereocenters. The molecule has 2 aromatic rings. The fourth-order valence-corrected chi connectivity index (χ4v) is 2.63. The van der Waals surface area contributed by atoms with E-state index in [0.29, 0.717) is 11.3 Å². The van der Waals surface area contributed by atoms with Crippen LogP contribution in [0.2, 0.25) is 0 Å². The first kappa shape index (κ1) is 21.1. The number of rotatable bonds is 8. The highest BCUT2D eigenvalue weighted by atomic mass is 16.5.